The van der Waals surface area contributed by atoms with E-state index in [1.165, 1.54) is 0 Å². The molecule has 3 nitrogen and oxygen atoms in total. The van der Waals surface area contributed by atoms with E-state index in [0.717, 1.165) is 0 Å². The summed E-state index contributed by atoms with van der Waals surface area (Å²) in [6.45, 7) is 1.67. The third-order valence-corrected chi connectivity index (χ3v) is 1.42. The van der Waals surface area contributed by atoms with Gasteiger partial charge in [-0.05, 0) is 6.42 Å². The molecule has 0 aliphatic heterocycles. The molecule has 0 bridgehead atoms. The molecule has 0 aliphatic rings. The Morgan fingerprint density at radius 2 is 2.22 bits per heavy atom. The van der Waals surface area contributed by atoms with Gasteiger partial charge < -0.3 is 10.8 Å². The fraction of sp³-hybridized carbons (Fsp3) is 0.750. The zero-order valence-electron chi connectivity index (χ0n) is 4.59. The van der Waals surface area contributed by atoms with E-state index in [1.54, 1.807) is 6.92 Å². The predicted molar refractivity (Wildman–Crippen MR) is 41.0 cm³/mol. The third kappa shape index (κ3) is 4.22. The number of carbonyl (C=O) groups is 1. The quantitative estimate of drug-likeness (QED) is 0.287. The number of rotatable bonds is 2. The van der Waals surface area contributed by atoms with Gasteiger partial charge in [0, 0.05) is 0 Å². The minimum absolute atomic E-state index is 0. The van der Waals surface area contributed by atoms with Gasteiger partial charge in [-0.2, -0.15) is 0 Å². The van der Waals surface area contributed by atoms with E-state index < -0.39 is 10.8 Å². The normalized spacial score (nSPS) is 15.4. The fourth-order valence-corrected chi connectivity index (χ4v) is 0.151. The molecular weight excluding hydrogens is 149 g/mol. The molecule has 0 saturated heterocycles. The monoisotopic (exact) mass is 159 g/mol. The van der Waals surface area contributed by atoms with Crippen molar-refractivity contribution in [3.05, 3.63) is 0 Å². The molecule has 0 rings (SSSR count). The molecule has 1 unspecified atom stereocenters. The number of hydrogen-bond donors (Lipinski definition) is 3. The Morgan fingerprint density at radius 1 is 1.89 bits per heavy atom. The number of carboxylic acids is 1. The van der Waals surface area contributed by atoms with E-state index in [0.29, 0.717) is 6.42 Å². The molecule has 0 amide bonds. The van der Waals surface area contributed by atoms with Crippen molar-refractivity contribution in [1.29, 1.82) is 0 Å². The summed E-state index contributed by atoms with van der Waals surface area (Å²) in [5.74, 6) is -1.08. The van der Waals surface area contributed by atoms with Crippen molar-refractivity contribution in [3.8, 4) is 0 Å². The molecule has 50 valence electrons. The molecule has 0 saturated carbocycles. The van der Waals surface area contributed by atoms with Gasteiger partial charge in [0.15, 0.2) is 4.87 Å². The first-order valence-corrected chi connectivity index (χ1v) is 2.70. The van der Waals surface area contributed by atoms with Gasteiger partial charge in [0.05, 0.1) is 0 Å². The van der Waals surface area contributed by atoms with Crippen LogP contribution in [0.3, 0.4) is 0 Å². The van der Waals surface area contributed by atoms with Gasteiger partial charge in [0.1, 0.15) is 0 Å². The van der Waals surface area contributed by atoms with Crippen LogP contribution in [0.1, 0.15) is 13.3 Å². The van der Waals surface area contributed by atoms with Crippen LogP contribution in [-0.2, 0) is 4.79 Å². The summed E-state index contributed by atoms with van der Waals surface area (Å²) in [6.07, 6.45) is 0.325. The standard InChI is InChI=1S/C4H9NO2S.Na.H/c1-2-4(5,8)3(6)7;;/h8H,2,5H2,1H3,(H,6,7);;. The topological polar surface area (TPSA) is 63.3 Å². The summed E-state index contributed by atoms with van der Waals surface area (Å²) < 4.78 is 0. The van der Waals surface area contributed by atoms with E-state index in [2.05, 4.69) is 12.6 Å². The molecule has 3 N–H and O–H groups in total. The first-order chi connectivity index (χ1) is 3.50. The summed E-state index contributed by atoms with van der Waals surface area (Å²) in [7, 11) is 0. The van der Waals surface area contributed by atoms with E-state index in [-0.39, 0.29) is 29.6 Å². The molecule has 0 aromatic carbocycles. The number of aliphatic carboxylic acids is 1. The maximum absolute atomic E-state index is 10.1. The molecule has 1 atom stereocenters. The Kier molecular flexibility index (Phi) is 6.33. The van der Waals surface area contributed by atoms with Crippen molar-refractivity contribution in [1.82, 2.24) is 0 Å². The second-order valence-electron chi connectivity index (χ2n) is 1.58. The van der Waals surface area contributed by atoms with Crippen LogP contribution >= 0.6 is 12.6 Å². The van der Waals surface area contributed by atoms with Crippen molar-refractivity contribution in [3.63, 3.8) is 0 Å². The molecule has 0 spiro atoms. The van der Waals surface area contributed by atoms with E-state index in [9.17, 15) is 4.79 Å². The van der Waals surface area contributed by atoms with Gasteiger partial charge in [0.2, 0.25) is 0 Å². The summed E-state index contributed by atoms with van der Waals surface area (Å²) in [6, 6.07) is 0. The van der Waals surface area contributed by atoms with Gasteiger partial charge in [-0.15, -0.1) is 12.6 Å². The molecule has 5 heteroatoms. The molecule has 9 heavy (non-hydrogen) atoms. The molecule has 0 radical (unpaired) electrons. The molecule has 0 heterocycles. The molecule has 0 fully saturated rings. The summed E-state index contributed by atoms with van der Waals surface area (Å²) in [4.78, 5) is 8.70. The van der Waals surface area contributed by atoms with Crippen LogP contribution in [-0.4, -0.2) is 45.5 Å². The Bertz CT molecular complexity index is 107. The minimum atomic E-state index is -1.35. The van der Waals surface area contributed by atoms with Gasteiger partial charge >= 0.3 is 35.5 Å². The van der Waals surface area contributed by atoms with E-state index >= 15 is 0 Å². The van der Waals surface area contributed by atoms with Crippen LogP contribution in [0.5, 0.6) is 0 Å². The number of carboxylic acid groups (broad SMARTS) is 1. The predicted octanol–water partition coefficient (Wildman–Crippen LogP) is -0.583. The van der Waals surface area contributed by atoms with Gasteiger partial charge in [-0.1, -0.05) is 6.92 Å². The van der Waals surface area contributed by atoms with Crippen LogP contribution in [0.2, 0.25) is 0 Å². The molecular formula is C4H10NNaO2S. The summed E-state index contributed by atoms with van der Waals surface area (Å²) in [5, 5.41) is 8.24. The van der Waals surface area contributed by atoms with Crippen molar-refractivity contribution in [2.45, 2.75) is 18.2 Å². The second kappa shape index (κ2) is 4.57. The van der Waals surface area contributed by atoms with Crippen LogP contribution < -0.4 is 5.73 Å². The number of hydrogen-bond acceptors (Lipinski definition) is 3. The van der Waals surface area contributed by atoms with Crippen molar-refractivity contribution in [2.75, 3.05) is 0 Å². The summed E-state index contributed by atoms with van der Waals surface area (Å²) >= 11 is 3.66. The van der Waals surface area contributed by atoms with Crippen LogP contribution in [0.4, 0.5) is 0 Å². The van der Waals surface area contributed by atoms with Crippen molar-refractivity contribution >= 4 is 48.2 Å². The van der Waals surface area contributed by atoms with Gasteiger partial charge in [-0.3, -0.25) is 0 Å². The second-order valence-corrected chi connectivity index (χ2v) is 2.38. The average Bonchev–Trinajstić information content (AvgIpc) is 1.67. The summed E-state index contributed by atoms with van der Waals surface area (Å²) in [5.41, 5.74) is 5.12. The van der Waals surface area contributed by atoms with Crippen LogP contribution in [0, 0.1) is 0 Å². The van der Waals surface area contributed by atoms with Gasteiger partial charge in [0.25, 0.3) is 0 Å². The third-order valence-electron chi connectivity index (χ3n) is 0.909. The molecule has 0 aromatic rings. The molecule has 0 aliphatic carbocycles. The first kappa shape index (κ1) is 12.5. The maximum atomic E-state index is 10.1. The zero-order chi connectivity index (χ0) is 6.78. The van der Waals surface area contributed by atoms with Crippen LogP contribution in [0.15, 0.2) is 0 Å². The Hall–Kier alpha value is 0.780. The molecule has 0 aromatic heterocycles. The fourth-order valence-electron chi connectivity index (χ4n) is 0.151. The Morgan fingerprint density at radius 3 is 2.22 bits per heavy atom. The van der Waals surface area contributed by atoms with Crippen molar-refractivity contribution < 1.29 is 9.90 Å². The van der Waals surface area contributed by atoms with E-state index in [4.69, 9.17) is 10.8 Å². The zero-order valence-corrected chi connectivity index (χ0v) is 5.48. The number of nitrogens with two attached hydrogens (primary N) is 1. The van der Waals surface area contributed by atoms with E-state index in [1.807, 2.05) is 0 Å². The van der Waals surface area contributed by atoms with Crippen molar-refractivity contribution in [2.24, 2.45) is 5.73 Å². The number of thiol groups is 1. The van der Waals surface area contributed by atoms with Crippen LogP contribution in [0.25, 0.3) is 0 Å². The Balaban J connectivity index is 0. The van der Waals surface area contributed by atoms with Gasteiger partial charge in [-0.25, -0.2) is 4.79 Å². The Labute approximate surface area is 81.7 Å². The SMILES string of the molecule is CCC(N)(S)C(=O)O.[NaH]. The first-order valence-electron chi connectivity index (χ1n) is 2.25. The average molecular weight is 159 g/mol.